The first-order chi connectivity index (χ1) is 14.8. The zero-order valence-corrected chi connectivity index (χ0v) is 21.5. The van der Waals surface area contributed by atoms with Gasteiger partial charge in [-0.05, 0) is 50.6 Å². The Bertz CT molecular complexity index is 631. The van der Waals surface area contributed by atoms with Gasteiger partial charge in [0, 0.05) is 32.7 Å². The number of hydrogen-bond acceptors (Lipinski definition) is 5. The Kier molecular flexibility index (Phi) is 12.5. The molecule has 2 heterocycles. The van der Waals surface area contributed by atoms with E-state index in [1.54, 1.807) is 7.11 Å². The lowest BCUT2D eigenvalue weighted by atomic mass is 10.0. The van der Waals surface area contributed by atoms with Crippen molar-refractivity contribution in [3.63, 3.8) is 0 Å². The summed E-state index contributed by atoms with van der Waals surface area (Å²) < 4.78 is 10.9. The SMILES string of the molecule is CCNC(=NCC(c1ccc(OC)cc1)N1CCOCC1)NCCN1CCCCC1.I. The zero-order chi connectivity index (χ0) is 21.0. The summed E-state index contributed by atoms with van der Waals surface area (Å²) in [6.07, 6.45) is 4.04. The second-order valence-corrected chi connectivity index (χ2v) is 7.99. The molecule has 0 aromatic heterocycles. The molecule has 2 saturated heterocycles. The van der Waals surface area contributed by atoms with Gasteiger partial charge in [0.25, 0.3) is 0 Å². The minimum atomic E-state index is 0. The third-order valence-electron chi connectivity index (χ3n) is 5.92. The van der Waals surface area contributed by atoms with Crippen LogP contribution in [0.2, 0.25) is 0 Å². The van der Waals surface area contributed by atoms with Crippen LogP contribution in [0.15, 0.2) is 29.3 Å². The number of morpholine rings is 1. The minimum Gasteiger partial charge on any atom is -0.497 e. The van der Waals surface area contributed by atoms with E-state index in [0.717, 1.165) is 57.6 Å². The standard InChI is InChI=1S/C23H39N5O2.HI/c1-3-24-23(25-11-14-27-12-5-4-6-13-27)26-19-22(28-15-17-30-18-16-28)20-7-9-21(29-2)10-8-20;/h7-10,22H,3-6,11-19H2,1-2H3,(H2,24,25,26);1H. The van der Waals surface area contributed by atoms with Crippen molar-refractivity contribution in [3.8, 4) is 5.75 Å². The van der Waals surface area contributed by atoms with Crippen LogP contribution in [0.3, 0.4) is 0 Å². The zero-order valence-electron chi connectivity index (χ0n) is 19.1. The van der Waals surface area contributed by atoms with Crippen LogP contribution in [-0.2, 0) is 4.74 Å². The van der Waals surface area contributed by atoms with E-state index in [2.05, 4.69) is 39.5 Å². The molecular weight excluding hydrogens is 505 g/mol. The Labute approximate surface area is 205 Å². The summed E-state index contributed by atoms with van der Waals surface area (Å²) in [5.41, 5.74) is 1.27. The first kappa shape index (κ1) is 26.2. The lowest BCUT2D eigenvalue weighted by molar-refractivity contribution is 0.0179. The maximum atomic E-state index is 5.57. The average molecular weight is 546 g/mol. The lowest BCUT2D eigenvalue weighted by Crippen LogP contribution is -2.44. The van der Waals surface area contributed by atoms with Crippen LogP contribution in [0.1, 0.15) is 37.8 Å². The lowest BCUT2D eigenvalue weighted by Gasteiger charge is -2.34. The number of hydrogen-bond donors (Lipinski definition) is 2. The molecule has 0 radical (unpaired) electrons. The Morgan fingerprint density at radius 3 is 2.42 bits per heavy atom. The first-order valence-corrected chi connectivity index (χ1v) is 11.5. The minimum absolute atomic E-state index is 0. The highest BCUT2D eigenvalue weighted by molar-refractivity contribution is 14.0. The van der Waals surface area contributed by atoms with Crippen LogP contribution in [0.4, 0.5) is 0 Å². The quantitative estimate of drug-likeness (QED) is 0.283. The molecule has 1 aromatic rings. The second kappa shape index (κ2) is 14.9. The van der Waals surface area contributed by atoms with E-state index in [1.165, 1.54) is 37.9 Å². The van der Waals surface area contributed by atoms with Gasteiger partial charge in [-0.1, -0.05) is 18.6 Å². The van der Waals surface area contributed by atoms with Crippen molar-refractivity contribution < 1.29 is 9.47 Å². The van der Waals surface area contributed by atoms with Gasteiger partial charge in [-0.25, -0.2) is 0 Å². The predicted octanol–water partition coefficient (Wildman–Crippen LogP) is 2.73. The molecule has 2 aliphatic heterocycles. The third kappa shape index (κ3) is 8.75. The Morgan fingerprint density at radius 2 is 1.77 bits per heavy atom. The summed E-state index contributed by atoms with van der Waals surface area (Å²) in [7, 11) is 1.71. The molecule has 2 aliphatic rings. The van der Waals surface area contributed by atoms with Gasteiger partial charge in [-0.2, -0.15) is 0 Å². The molecule has 31 heavy (non-hydrogen) atoms. The Hall–Kier alpha value is -1.10. The average Bonchev–Trinajstić information content (AvgIpc) is 2.81. The predicted molar refractivity (Wildman–Crippen MR) is 138 cm³/mol. The fourth-order valence-corrected chi connectivity index (χ4v) is 4.18. The maximum absolute atomic E-state index is 5.57. The number of ether oxygens (including phenoxy) is 2. The number of piperidine rings is 1. The second-order valence-electron chi connectivity index (χ2n) is 7.99. The summed E-state index contributed by atoms with van der Waals surface area (Å²) in [6, 6.07) is 8.62. The molecule has 1 unspecified atom stereocenters. The summed E-state index contributed by atoms with van der Waals surface area (Å²) in [5.74, 6) is 1.79. The molecule has 0 amide bonds. The third-order valence-corrected chi connectivity index (χ3v) is 5.92. The fraction of sp³-hybridized carbons (Fsp3) is 0.696. The maximum Gasteiger partial charge on any atom is 0.191 e. The number of nitrogens with zero attached hydrogens (tertiary/aromatic N) is 3. The molecule has 8 heteroatoms. The topological polar surface area (TPSA) is 61.4 Å². The number of benzene rings is 1. The summed E-state index contributed by atoms with van der Waals surface area (Å²) in [6.45, 7) is 11.6. The van der Waals surface area contributed by atoms with E-state index < -0.39 is 0 Å². The van der Waals surface area contributed by atoms with Crippen LogP contribution < -0.4 is 15.4 Å². The van der Waals surface area contributed by atoms with Crippen molar-refractivity contribution in [2.24, 2.45) is 4.99 Å². The first-order valence-electron chi connectivity index (χ1n) is 11.5. The van der Waals surface area contributed by atoms with Crippen molar-refractivity contribution in [1.82, 2.24) is 20.4 Å². The van der Waals surface area contributed by atoms with E-state index in [0.29, 0.717) is 6.54 Å². The van der Waals surface area contributed by atoms with E-state index in [-0.39, 0.29) is 30.0 Å². The normalized spacial score (nSPS) is 19.4. The molecule has 1 aromatic carbocycles. The van der Waals surface area contributed by atoms with E-state index in [4.69, 9.17) is 14.5 Å². The van der Waals surface area contributed by atoms with Gasteiger partial charge in [0.15, 0.2) is 5.96 Å². The van der Waals surface area contributed by atoms with Crippen molar-refractivity contribution in [1.29, 1.82) is 0 Å². The molecule has 0 saturated carbocycles. The van der Waals surface area contributed by atoms with Crippen LogP contribution in [0.25, 0.3) is 0 Å². The van der Waals surface area contributed by atoms with Crippen molar-refractivity contribution in [2.45, 2.75) is 32.2 Å². The van der Waals surface area contributed by atoms with Crippen LogP contribution in [0.5, 0.6) is 5.75 Å². The summed E-state index contributed by atoms with van der Waals surface area (Å²) >= 11 is 0. The molecule has 1 atom stereocenters. The van der Waals surface area contributed by atoms with Crippen molar-refractivity contribution >= 4 is 29.9 Å². The van der Waals surface area contributed by atoms with Crippen LogP contribution in [-0.4, -0.2) is 88.4 Å². The molecule has 3 rings (SSSR count). The van der Waals surface area contributed by atoms with Gasteiger partial charge in [-0.15, -0.1) is 24.0 Å². The van der Waals surface area contributed by atoms with Crippen molar-refractivity contribution in [3.05, 3.63) is 29.8 Å². The van der Waals surface area contributed by atoms with E-state index >= 15 is 0 Å². The molecule has 7 nitrogen and oxygen atoms in total. The number of likely N-dealkylation sites (tertiary alicyclic amines) is 1. The summed E-state index contributed by atoms with van der Waals surface area (Å²) in [4.78, 5) is 9.98. The van der Waals surface area contributed by atoms with Gasteiger partial charge >= 0.3 is 0 Å². The highest BCUT2D eigenvalue weighted by Crippen LogP contribution is 2.24. The van der Waals surface area contributed by atoms with Crippen LogP contribution >= 0.6 is 24.0 Å². The molecule has 2 fully saturated rings. The number of guanidine groups is 1. The molecule has 0 spiro atoms. The van der Waals surface area contributed by atoms with Gasteiger partial charge < -0.3 is 25.0 Å². The smallest absolute Gasteiger partial charge is 0.191 e. The highest BCUT2D eigenvalue weighted by atomic mass is 127. The van der Waals surface area contributed by atoms with Crippen LogP contribution in [0, 0.1) is 0 Å². The highest BCUT2D eigenvalue weighted by Gasteiger charge is 2.22. The fourth-order valence-electron chi connectivity index (χ4n) is 4.18. The van der Waals surface area contributed by atoms with Gasteiger partial charge in [0.05, 0.1) is 32.9 Å². The number of rotatable bonds is 9. The number of aliphatic imine (C=N–C) groups is 1. The molecule has 0 bridgehead atoms. The number of methoxy groups -OCH3 is 1. The van der Waals surface area contributed by atoms with E-state index in [9.17, 15) is 0 Å². The van der Waals surface area contributed by atoms with Crippen molar-refractivity contribution in [2.75, 3.05) is 72.7 Å². The number of nitrogens with one attached hydrogen (secondary N) is 2. The largest absolute Gasteiger partial charge is 0.497 e. The number of halogens is 1. The molecule has 2 N–H and O–H groups in total. The Balaban J connectivity index is 0.00000341. The summed E-state index contributed by atoms with van der Waals surface area (Å²) in [5, 5.41) is 6.94. The van der Waals surface area contributed by atoms with Gasteiger partial charge in [0.2, 0.25) is 0 Å². The molecular formula is C23H40IN5O2. The van der Waals surface area contributed by atoms with Gasteiger partial charge in [-0.3, -0.25) is 9.89 Å². The van der Waals surface area contributed by atoms with Gasteiger partial charge in [0.1, 0.15) is 5.75 Å². The monoisotopic (exact) mass is 545 g/mol. The Morgan fingerprint density at radius 1 is 1.06 bits per heavy atom. The van der Waals surface area contributed by atoms with E-state index in [1.807, 2.05) is 12.1 Å². The molecule has 176 valence electrons. The molecule has 0 aliphatic carbocycles.